The van der Waals surface area contributed by atoms with Crippen molar-refractivity contribution in [1.82, 2.24) is 10.6 Å². The number of amides is 1. The van der Waals surface area contributed by atoms with E-state index in [1.165, 1.54) is 7.11 Å². The Kier molecular flexibility index (Phi) is 8.59. The second-order valence-corrected chi connectivity index (χ2v) is 7.21. The van der Waals surface area contributed by atoms with Gasteiger partial charge in [-0.05, 0) is 29.8 Å². The summed E-state index contributed by atoms with van der Waals surface area (Å²) in [7, 11) is 1.27. The smallest absolute Gasteiger partial charge is 0.328 e. The highest BCUT2D eigenvalue weighted by Gasteiger charge is 2.25. The number of methoxy groups -OCH3 is 1. The largest absolute Gasteiger partial charge is 0.488 e. The zero-order chi connectivity index (χ0) is 20.1. The number of hydrogen-bond donors (Lipinski definition) is 2. The lowest BCUT2D eigenvalue weighted by atomic mass is 10.0. The van der Waals surface area contributed by atoms with Crippen LogP contribution in [0.3, 0.4) is 0 Å². The summed E-state index contributed by atoms with van der Waals surface area (Å²) in [4.78, 5) is 24.8. The third kappa shape index (κ3) is 6.00. The average molecular weight is 460 g/mol. The number of carbonyl (C=O) groups is 2. The van der Waals surface area contributed by atoms with Crippen molar-refractivity contribution < 1.29 is 19.1 Å². The Labute approximate surface area is 185 Å². The first-order valence-corrected chi connectivity index (χ1v) is 9.52. The SMILES string of the molecule is COC(=O)[C@H](Cc1ccc(OC2CNC2)cc1)NC(=O)c1c(Cl)cccc1Cl.Cl. The molecule has 0 radical (unpaired) electrons. The van der Waals surface area contributed by atoms with E-state index in [-0.39, 0.29) is 40.5 Å². The molecule has 2 aromatic carbocycles. The highest BCUT2D eigenvalue weighted by molar-refractivity contribution is 6.39. The second kappa shape index (κ2) is 10.7. The Morgan fingerprint density at radius 2 is 1.76 bits per heavy atom. The molecular weight excluding hydrogens is 439 g/mol. The summed E-state index contributed by atoms with van der Waals surface area (Å²) in [6.07, 6.45) is 0.444. The van der Waals surface area contributed by atoms with Crippen molar-refractivity contribution in [1.29, 1.82) is 0 Å². The van der Waals surface area contributed by atoms with Gasteiger partial charge in [0, 0.05) is 19.5 Å². The van der Waals surface area contributed by atoms with E-state index in [1.54, 1.807) is 18.2 Å². The van der Waals surface area contributed by atoms with Gasteiger partial charge in [-0.3, -0.25) is 4.79 Å². The van der Waals surface area contributed by atoms with E-state index in [1.807, 2.05) is 24.3 Å². The van der Waals surface area contributed by atoms with Crippen LogP contribution in [-0.4, -0.2) is 44.2 Å². The van der Waals surface area contributed by atoms with Crippen molar-refractivity contribution in [2.24, 2.45) is 0 Å². The molecule has 2 aromatic rings. The predicted octanol–water partition coefficient (Wildman–Crippen LogP) is 3.28. The van der Waals surface area contributed by atoms with Gasteiger partial charge in [0.05, 0.1) is 22.7 Å². The first-order chi connectivity index (χ1) is 13.5. The monoisotopic (exact) mass is 458 g/mol. The topological polar surface area (TPSA) is 76.7 Å². The Balaban J connectivity index is 0.00000300. The fraction of sp³-hybridized carbons (Fsp3) is 0.300. The van der Waals surface area contributed by atoms with Crippen LogP contribution in [0.5, 0.6) is 5.75 Å². The molecule has 6 nitrogen and oxygen atoms in total. The summed E-state index contributed by atoms with van der Waals surface area (Å²) >= 11 is 12.2. The van der Waals surface area contributed by atoms with Crippen LogP contribution in [-0.2, 0) is 16.0 Å². The van der Waals surface area contributed by atoms with E-state index >= 15 is 0 Å². The molecule has 0 spiro atoms. The quantitative estimate of drug-likeness (QED) is 0.622. The van der Waals surface area contributed by atoms with Gasteiger partial charge in [-0.2, -0.15) is 0 Å². The lowest BCUT2D eigenvalue weighted by molar-refractivity contribution is -0.142. The first-order valence-electron chi connectivity index (χ1n) is 8.77. The number of halogens is 3. The standard InChI is InChI=1S/C20H20Cl2N2O4.ClH/c1-27-20(26)17(24-19(25)18-15(21)3-2-4-16(18)22)9-12-5-7-13(8-6-12)28-14-10-23-11-14;/h2-8,14,17,23H,9-11H2,1H3,(H,24,25);1H/t17-;/m0./s1. The molecule has 1 aliphatic heterocycles. The summed E-state index contributed by atoms with van der Waals surface area (Å²) in [5, 5.41) is 6.22. The van der Waals surface area contributed by atoms with Gasteiger partial charge in [0.15, 0.2) is 0 Å². The van der Waals surface area contributed by atoms with Crippen molar-refractivity contribution in [3.05, 3.63) is 63.6 Å². The van der Waals surface area contributed by atoms with Crippen LogP contribution in [0.4, 0.5) is 0 Å². The number of rotatable bonds is 7. The molecule has 1 heterocycles. The molecule has 1 saturated heterocycles. The lowest BCUT2D eigenvalue weighted by Gasteiger charge is -2.27. The van der Waals surface area contributed by atoms with Crippen LogP contribution in [0.15, 0.2) is 42.5 Å². The van der Waals surface area contributed by atoms with E-state index in [0.717, 1.165) is 24.4 Å². The van der Waals surface area contributed by atoms with Crippen molar-refractivity contribution in [3.8, 4) is 5.75 Å². The number of esters is 1. The van der Waals surface area contributed by atoms with Gasteiger partial charge in [-0.15, -0.1) is 12.4 Å². The molecule has 1 fully saturated rings. The maximum Gasteiger partial charge on any atom is 0.328 e. The Bertz CT molecular complexity index is 837. The van der Waals surface area contributed by atoms with Crippen LogP contribution < -0.4 is 15.4 Å². The minimum Gasteiger partial charge on any atom is -0.488 e. The van der Waals surface area contributed by atoms with Crippen molar-refractivity contribution >= 4 is 47.5 Å². The Hall–Kier alpha value is -1.99. The number of benzene rings is 2. The summed E-state index contributed by atoms with van der Waals surface area (Å²) in [5.41, 5.74) is 0.970. The predicted molar refractivity (Wildman–Crippen MR) is 114 cm³/mol. The zero-order valence-corrected chi connectivity index (χ0v) is 17.9. The Morgan fingerprint density at radius 1 is 1.14 bits per heavy atom. The molecule has 2 N–H and O–H groups in total. The minimum absolute atomic E-state index is 0. The van der Waals surface area contributed by atoms with Gasteiger partial charge in [-0.25, -0.2) is 4.79 Å². The Morgan fingerprint density at radius 3 is 2.28 bits per heavy atom. The molecule has 1 atom stereocenters. The van der Waals surface area contributed by atoms with Crippen molar-refractivity contribution in [2.75, 3.05) is 20.2 Å². The third-order valence-corrected chi connectivity index (χ3v) is 5.02. The molecule has 29 heavy (non-hydrogen) atoms. The summed E-state index contributed by atoms with van der Waals surface area (Å²) in [5.74, 6) is -0.336. The minimum atomic E-state index is -0.882. The maximum atomic E-state index is 12.6. The van der Waals surface area contributed by atoms with Gasteiger partial charge >= 0.3 is 5.97 Å². The first kappa shape index (κ1) is 23.3. The van der Waals surface area contributed by atoms with Crippen LogP contribution >= 0.6 is 35.6 Å². The van der Waals surface area contributed by atoms with E-state index in [4.69, 9.17) is 32.7 Å². The molecule has 0 aromatic heterocycles. The summed E-state index contributed by atoms with van der Waals surface area (Å²) in [6, 6.07) is 11.3. The molecule has 1 amide bonds. The molecule has 9 heteroatoms. The number of hydrogen-bond acceptors (Lipinski definition) is 5. The molecule has 3 rings (SSSR count). The van der Waals surface area contributed by atoms with Gasteiger partial charge < -0.3 is 20.1 Å². The molecule has 0 bridgehead atoms. The van der Waals surface area contributed by atoms with E-state index in [2.05, 4.69) is 10.6 Å². The normalized spacial score (nSPS) is 14.2. The number of ether oxygens (including phenoxy) is 2. The van der Waals surface area contributed by atoms with Crippen LogP contribution in [0.25, 0.3) is 0 Å². The average Bonchev–Trinajstić information content (AvgIpc) is 2.64. The zero-order valence-electron chi connectivity index (χ0n) is 15.6. The molecule has 1 aliphatic rings. The molecule has 156 valence electrons. The highest BCUT2D eigenvalue weighted by Crippen LogP contribution is 2.24. The number of carbonyl (C=O) groups excluding carboxylic acids is 2. The van der Waals surface area contributed by atoms with E-state index in [9.17, 15) is 9.59 Å². The van der Waals surface area contributed by atoms with Crippen LogP contribution in [0.1, 0.15) is 15.9 Å². The lowest BCUT2D eigenvalue weighted by Crippen LogP contribution is -2.50. The van der Waals surface area contributed by atoms with Gasteiger partial charge in [0.2, 0.25) is 0 Å². The van der Waals surface area contributed by atoms with Crippen molar-refractivity contribution in [3.63, 3.8) is 0 Å². The molecular formula is C20H21Cl3N2O4. The van der Waals surface area contributed by atoms with Crippen LogP contribution in [0, 0.1) is 0 Å². The molecule has 0 saturated carbocycles. The van der Waals surface area contributed by atoms with E-state index in [0.29, 0.717) is 0 Å². The maximum absolute atomic E-state index is 12.6. The van der Waals surface area contributed by atoms with Crippen molar-refractivity contribution in [2.45, 2.75) is 18.6 Å². The molecule has 0 aliphatic carbocycles. The fourth-order valence-corrected chi connectivity index (χ4v) is 3.33. The molecule has 0 unspecified atom stereocenters. The summed E-state index contributed by atoms with van der Waals surface area (Å²) < 4.78 is 10.6. The van der Waals surface area contributed by atoms with Crippen LogP contribution in [0.2, 0.25) is 10.0 Å². The third-order valence-electron chi connectivity index (χ3n) is 4.39. The second-order valence-electron chi connectivity index (χ2n) is 6.39. The fourth-order valence-electron chi connectivity index (χ4n) is 2.76. The van der Waals surface area contributed by atoms with E-state index < -0.39 is 17.9 Å². The highest BCUT2D eigenvalue weighted by atomic mass is 35.5. The van der Waals surface area contributed by atoms with Gasteiger partial charge in [0.1, 0.15) is 17.9 Å². The summed E-state index contributed by atoms with van der Waals surface area (Å²) in [6.45, 7) is 1.67. The van der Waals surface area contributed by atoms with Gasteiger partial charge in [0.25, 0.3) is 5.91 Å². The van der Waals surface area contributed by atoms with Gasteiger partial charge in [-0.1, -0.05) is 41.4 Å². The number of nitrogens with one attached hydrogen (secondary N) is 2.